The molecule has 0 aliphatic heterocycles. The Balaban J connectivity index is 0.000000193. The first kappa shape index (κ1) is 70.4. The van der Waals surface area contributed by atoms with Gasteiger partial charge in [0.25, 0.3) is 5.95 Å². The number of carbonyl (C=O) groups excluding carboxylic acids is 4. The summed E-state index contributed by atoms with van der Waals surface area (Å²) in [5.41, 5.74) is 14.6. The third kappa shape index (κ3) is 18.1. The minimum absolute atomic E-state index is 0.0785. The normalized spacial score (nSPS) is 15.0. The van der Waals surface area contributed by atoms with E-state index in [0.717, 1.165) is 75.1 Å². The molecule has 2 heterocycles. The third-order valence-corrected chi connectivity index (χ3v) is 16.3. The van der Waals surface area contributed by atoms with Crippen molar-refractivity contribution in [3.8, 4) is 34.7 Å². The van der Waals surface area contributed by atoms with Crippen molar-refractivity contribution in [3.63, 3.8) is 0 Å². The highest BCUT2D eigenvalue weighted by Crippen LogP contribution is 2.45. The summed E-state index contributed by atoms with van der Waals surface area (Å²) < 4.78 is 25.6. The lowest BCUT2D eigenvalue weighted by atomic mass is 9.86. The number of para-hydroxylation sites is 1. The fourth-order valence-electron chi connectivity index (χ4n) is 10.6. The summed E-state index contributed by atoms with van der Waals surface area (Å²) in [7, 11) is 2.62. The maximum atomic E-state index is 11.7. The molecule has 7 aromatic rings. The van der Waals surface area contributed by atoms with Crippen molar-refractivity contribution in [3.05, 3.63) is 197 Å². The van der Waals surface area contributed by atoms with Crippen LogP contribution in [0.5, 0.6) is 34.7 Å². The molecule has 5 aromatic carbocycles. The Morgan fingerprint density at radius 3 is 1.42 bits per heavy atom. The average Bonchev–Trinajstić information content (AvgIpc) is 2.05. The van der Waals surface area contributed by atoms with E-state index in [1.54, 1.807) is 56.3 Å². The largest absolute Gasteiger partial charge is 0.508 e. The summed E-state index contributed by atoms with van der Waals surface area (Å²) in [5.74, 6) is 1.17. The molecule has 0 unspecified atom stereocenters. The molecule has 0 spiro atoms. The van der Waals surface area contributed by atoms with Crippen LogP contribution < -0.4 is 4.74 Å². The van der Waals surface area contributed by atoms with Crippen LogP contribution in [0, 0.1) is 34.6 Å². The van der Waals surface area contributed by atoms with Gasteiger partial charge in [0.15, 0.2) is 16.2 Å². The van der Waals surface area contributed by atoms with Crippen LogP contribution in [0.4, 0.5) is 0 Å². The molecule has 0 fully saturated rings. The number of aliphatic carboxylic acids is 1. The summed E-state index contributed by atoms with van der Waals surface area (Å²) >= 11 is 3.06. The van der Waals surface area contributed by atoms with Crippen LogP contribution in [-0.4, -0.2) is 69.2 Å². The third-order valence-electron chi connectivity index (χ3n) is 15.9. The van der Waals surface area contributed by atoms with Gasteiger partial charge >= 0.3 is 17.9 Å². The van der Waals surface area contributed by atoms with Crippen molar-refractivity contribution in [2.24, 2.45) is 0 Å². The lowest BCUT2D eigenvalue weighted by molar-refractivity contribution is -0.131. The van der Waals surface area contributed by atoms with E-state index in [9.17, 15) is 39.3 Å². The van der Waals surface area contributed by atoms with Crippen molar-refractivity contribution in [1.29, 1.82) is 0 Å². The Bertz CT molecular complexity index is 3630. The number of halogens is 1. The predicted octanol–water partition coefficient (Wildman–Crippen LogP) is 17.0. The summed E-state index contributed by atoms with van der Waals surface area (Å²) in [5, 5.41) is 45.7. The maximum Gasteiger partial charge on any atom is 0.374 e. The average molecular weight is 1270 g/mol. The minimum atomic E-state index is -0.875. The number of carbonyl (C=O) groups is 5. The highest BCUT2D eigenvalue weighted by Gasteiger charge is 2.38. The van der Waals surface area contributed by atoms with E-state index >= 15 is 0 Å². The number of Topliss-reactive ketones (excluding diaryl/α,β-unsaturated/α-hetero) is 2. The zero-order chi connectivity index (χ0) is 66.0. The highest BCUT2D eigenvalue weighted by molar-refractivity contribution is 9.10. The number of phenolic OH excluding ortho intramolecular Hbond substituents is 4. The number of furan rings is 2. The number of esters is 2. The number of phenols is 4. The predicted molar refractivity (Wildman–Crippen MR) is 344 cm³/mol. The van der Waals surface area contributed by atoms with Gasteiger partial charge in [-0.25, -0.2) is 14.4 Å². The Hall–Kier alpha value is -8.37. The maximum absolute atomic E-state index is 11.7. The standard InChI is InChI=1S/C18H20O4.2C12H14O2.C12H16O.C7H8O.C6H5BrO3.C5H8O2/c1-11-9-12-7-8-18(2,3)13(12)10-15(11)22-16-6-5-14(21-16)17(19)20-4;1-7-4-9-8(5-10(7)13)11(14)6-12(9,2)3;1-7-4-8-9(5-10(7)13)12(2,3)6-11(8)14;1-8-6-9-4-5-12(2,3)10(9)7-11(8)13;1-6-4-2-3-5-7(6)8;1-9-6(8)4-2-3-5(7)10-4;1-4(2)3-5(6)7/h5-6,9-10H,7-8H2,1-4H3;2*4-5,13H,6H2,1-3H3;6-7,13H,4-5H2,1-3H3;2-5,8H,1H3;2-3H,1H3;3H,1-2H3,(H,6,7). The van der Waals surface area contributed by atoms with E-state index < -0.39 is 17.9 Å². The number of ether oxygens (including phenoxy) is 3. The number of carboxylic acid groups (broad SMARTS) is 1. The van der Waals surface area contributed by atoms with Gasteiger partial charge in [-0.2, -0.15) is 0 Å². The Morgan fingerprint density at radius 2 is 0.955 bits per heavy atom. The first-order valence-corrected chi connectivity index (χ1v) is 29.7. The van der Waals surface area contributed by atoms with Crippen molar-refractivity contribution >= 4 is 45.4 Å². The first-order valence-electron chi connectivity index (χ1n) is 29.0. The van der Waals surface area contributed by atoms with Gasteiger partial charge in [-0.15, -0.1) is 0 Å². The lowest BCUT2D eigenvalue weighted by Gasteiger charge is -2.20. The quantitative estimate of drug-likeness (QED) is 0.0795. The number of aryl methyl sites for hydroxylation is 7. The van der Waals surface area contributed by atoms with E-state index in [-0.39, 0.29) is 56.2 Å². The number of aromatic hydroxyl groups is 4. The molecule has 470 valence electrons. The molecule has 16 heteroatoms. The van der Waals surface area contributed by atoms with Crippen molar-refractivity contribution in [2.75, 3.05) is 14.2 Å². The van der Waals surface area contributed by atoms with E-state index in [2.05, 4.69) is 85.1 Å². The molecule has 0 atom stereocenters. The van der Waals surface area contributed by atoms with Gasteiger partial charge in [-0.3, -0.25) is 9.59 Å². The van der Waals surface area contributed by atoms with Gasteiger partial charge < -0.3 is 48.6 Å². The molecule has 15 nitrogen and oxygen atoms in total. The second kappa shape index (κ2) is 29.1. The Labute approximate surface area is 525 Å². The summed E-state index contributed by atoms with van der Waals surface area (Å²) in [4.78, 5) is 55.1. The van der Waals surface area contributed by atoms with Crippen LogP contribution in [0.2, 0.25) is 0 Å². The van der Waals surface area contributed by atoms with Crippen molar-refractivity contribution < 1.29 is 72.6 Å². The van der Waals surface area contributed by atoms with Gasteiger partial charge in [0.2, 0.25) is 11.5 Å². The first-order chi connectivity index (χ1) is 40.9. The molecule has 5 N–H and O–H groups in total. The van der Waals surface area contributed by atoms with E-state index in [1.165, 1.54) is 55.0 Å². The Morgan fingerprint density at radius 1 is 0.511 bits per heavy atom. The van der Waals surface area contributed by atoms with Gasteiger partial charge in [0.05, 0.1) is 14.2 Å². The van der Waals surface area contributed by atoms with Crippen molar-refractivity contribution in [2.45, 2.75) is 164 Å². The van der Waals surface area contributed by atoms with Crippen LogP contribution in [0.25, 0.3) is 0 Å². The summed E-state index contributed by atoms with van der Waals surface area (Å²) in [6.07, 6.45) is 6.88. The fourth-order valence-corrected chi connectivity index (χ4v) is 10.9. The number of allylic oxidation sites excluding steroid dienone is 1. The molecule has 0 bridgehead atoms. The minimum Gasteiger partial charge on any atom is -0.508 e. The van der Waals surface area contributed by atoms with E-state index in [0.29, 0.717) is 40.5 Å². The molecule has 0 radical (unpaired) electrons. The molecule has 4 aliphatic carbocycles. The zero-order valence-corrected chi connectivity index (χ0v) is 55.3. The molecule has 4 aliphatic rings. The van der Waals surface area contributed by atoms with Gasteiger partial charge in [0.1, 0.15) is 28.7 Å². The number of hydrogen-bond acceptors (Lipinski definition) is 14. The van der Waals surface area contributed by atoms with E-state index in [4.69, 9.17) is 23.8 Å². The molecule has 0 saturated heterocycles. The van der Waals surface area contributed by atoms with Gasteiger partial charge in [0, 0.05) is 36.1 Å². The number of methoxy groups -OCH3 is 2. The second-order valence-electron chi connectivity index (χ2n) is 25.3. The summed E-state index contributed by atoms with van der Waals surface area (Å²) in [6, 6.07) is 29.0. The monoisotopic (exact) mass is 1270 g/mol. The number of carboxylic acids is 1. The molecule has 0 saturated carbocycles. The number of fused-ring (bicyclic) bond motifs is 4. The number of hydrogen-bond donors (Lipinski definition) is 5. The molecular formula is C72H85BrO15. The summed E-state index contributed by atoms with van der Waals surface area (Å²) in [6.45, 7) is 30.2. The smallest absolute Gasteiger partial charge is 0.374 e. The van der Waals surface area contributed by atoms with Crippen LogP contribution in [0.3, 0.4) is 0 Å². The molecule has 0 amide bonds. The van der Waals surface area contributed by atoms with Gasteiger partial charge in [-0.05, 0) is 228 Å². The molecule has 88 heavy (non-hydrogen) atoms. The number of rotatable bonds is 5. The molecular weight excluding hydrogens is 1180 g/mol. The number of ketones is 2. The highest BCUT2D eigenvalue weighted by atomic mass is 79.9. The Kier molecular flexibility index (Phi) is 23.3. The van der Waals surface area contributed by atoms with Crippen molar-refractivity contribution in [1.82, 2.24) is 0 Å². The zero-order valence-electron chi connectivity index (χ0n) is 53.8. The molecule has 11 rings (SSSR count). The lowest BCUT2D eigenvalue weighted by Crippen LogP contribution is -2.12. The van der Waals surface area contributed by atoms with Crippen LogP contribution in [0.1, 0.15) is 198 Å². The fraction of sp³-hybridized carbons (Fsp3) is 0.375. The SMILES string of the molecule is CC(C)=CC(=O)O.COC(=O)c1ccc(Br)o1.COC(=O)c1ccc(Oc2cc3c(cc2C)CCC3(C)C)o1.Cc1cc2c(cc1O)C(=O)CC2(C)C.Cc1cc2c(cc1O)C(C)(C)CC2.Cc1cc2c(cc1O)C(C)(C)CC2=O.Cc1ccccc1O. The van der Waals surface area contributed by atoms with Crippen LogP contribution in [0.15, 0.2) is 122 Å². The second-order valence-corrected chi connectivity index (χ2v) is 26.1. The van der Waals surface area contributed by atoms with Gasteiger partial charge in [-0.1, -0.05) is 97.4 Å². The number of benzene rings is 5. The topological polar surface area (TPSA) is 240 Å². The van der Waals surface area contributed by atoms with E-state index in [1.807, 2.05) is 78.8 Å². The van der Waals surface area contributed by atoms with Crippen LogP contribution in [-0.2, 0) is 48.8 Å². The van der Waals surface area contributed by atoms with Crippen LogP contribution >= 0.6 is 15.9 Å². The molecule has 2 aromatic heterocycles.